The van der Waals surface area contributed by atoms with Gasteiger partial charge in [0.05, 0.1) is 6.10 Å². The first-order valence-electron chi connectivity index (χ1n) is 6.63. The summed E-state index contributed by atoms with van der Waals surface area (Å²) in [6, 6.07) is 8.15. The third-order valence-electron chi connectivity index (χ3n) is 3.75. The van der Waals surface area contributed by atoms with Crippen molar-refractivity contribution in [2.45, 2.75) is 51.0 Å². The van der Waals surface area contributed by atoms with Gasteiger partial charge in [0.2, 0.25) is 0 Å². The summed E-state index contributed by atoms with van der Waals surface area (Å²) in [4.78, 5) is 0. The number of rotatable bonds is 4. The predicted octanol–water partition coefficient (Wildman–Crippen LogP) is 4.77. The summed E-state index contributed by atoms with van der Waals surface area (Å²) in [6.45, 7) is 2.29. The Morgan fingerprint density at radius 3 is 2.29 bits per heavy atom. The lowest BCUT2D eigenvalue weighted by molar-refractivity contribution is 0.130. The highest BCUT2D eigenvalue weighted by Gasteiger charge is 2.20. The quantitative estimate of drug-likeness (QED) is 0.701. The minimum absolute atomic E-state index is 0.416. The number of alkyl halides is 1. The van der Waals surface area contributed by atoms with E-state index in [-0.39, 0.29) is 0 Å². The number of benzene rings is 1. The van der Waals surface area contributed by atoms with Crippen LogP contribution >= 0.6 is 11.6 Å². The maximum Gasteiger partial charge on any atom is 0.119 e. The molecule has 0 heterocycles. The maximum absolute atomic E-state index is 6.00. The van der Waals surface area contributed by atoms with Gasteiger partial charge >= 0.3 is 0 Å². The molecule has 0 amide bonds. The molecule has 0 bridgehead atoms. The molecule has 0 atom stereocenters. The molecule has 0 N–H and O–H groups in total. The van der Waals surface area contributed by atoms with Gasteiger partial charge in [0, 0.05) is 5.88 Å². The lowest BCUT2D eigenvalue weighted by Gasteiger charge is -2.28. The second-order valence-electron chi connectivity index (χ2n) is 4.95. The summed E-state index contributed by atoms with van der Waals surface area (Å²) in [6.07, 6.45) is 6.78. The Bertz CT molecular complexity index is 325. The molecular weight excluding hydrogens is 232 g/mol. The molecule has 2 heteroatoms. The highest BCUT2D eigenvalue weighted by Crippen LogP contribution is 2.29. The van der Waals surface area contributed by atoms with E-state index in [0.717, 1.165) is 17.2 Å². The Labute approximate surface area is 109 Å². The summed E-state index contributed by atoms with van der Waals surface area (Å²) in [5, 5.41) is 0. The van der Waals surface area contributed by atoms with E-state index in [1.807, 2.05) is 24.3 Å². The lowest BCUT2D eigenvalue weighted by Crippen LogP contribution is -2.23. The van der Waals surface area contributed by atoms with Crippen molar-refractivity contribution in [1.29, 1.82) is 0 Å². The van der Waals surface area contributed by atoms with Gasteiger partial charge in [-0.1, -0.05) is 25.5 Å². The smallest absolute Gasteiger partial charge is 0.119 e. The molecule has 17 heavy (non-hydrogen) atoms. The Kier molecular flexibility index (Phi) is 4.73. The third kappa shape index (κ3) is 3.64. The second kappa shape index (κ2) is 6.30. The van der Waals surface area contributed by atoms with E-state index in [0.29, 0.717) is 12.0 Å². The third-order valence-corrected chi connectivity index (χ3v) is 4.06. The Hall–Kier alpha value is -0.690. The fourth-order valence-corrected chi connectivity index (χ4v) is 2.69. The standard InChI is InChI=1S/C15H21ClO/c1-2-12-3-7-14(8-4-12)17-15-9-5-13(11-16)6-10-15/h5-6,9-10,12,14H,2-4,7-8,11H2,1H3. The topological polar surface area (TPSA) is 9.23 Å². The van der Waals surface area contributed by atoms with E-state index in [9.17, 15) is 0 Å². The van der Waals surface area contributed by atoms with Gasteiger partial charge in [-0.2, -0.15) is 0 Å². The van der Waals surface area contributed by atoms with Gasteiger partial charge in [-0.25, -0.2) is 0 Å². The van der Waals surface area contributed by atoms with Gasteiger partial charge in [-0.3, -0.25) is 0 Å². The van der Waals surface area contributed by atoms with Crippen LogP contribution in [0.25, 0.3) is 0 Å². The van der Waals surface area contributed by atoms with Crippen LogP contribution in [0.4, 0.5) is 0 Å². The van der Waals surface area contributed by atoms with Crippen LogP contribution < -0.4 is 4.74 Å². The molecule has 94 valence electrons. The molecule has 1 aromatic carbocycles. The van der Waals surface area contributed by atoms with Gasteiger partial charge in [-0.05, 0) is 49.3 Å². The summed E-state index contributed by atoms with van der Waals surface area (Å²) >= 11 is 5.76. The van der Waals surface area contributed by atoms with Crippen LogP contribution in [0.3, 0.4) is 0 Å². The van der Waals surface area contributed by atoms with Crippen LogP contribution in [-0.2, 0) is 5.88 Å². The van der Waals surface area contributed by atoms with E-state index in [2.05, 4.69) is 6.92 Å². The Balaban J connectivity index is 1.84. The van der Waals surface area contributed by atoms with E-state index >= 15 is 0 Å². The highest BCUT2D eigenvalue weighted by molar-refractivity contribution is 6.17. The summed E-state index contributed by atoms with van der Waals surface area (Å²) < 4.78 is 6.00. The van der Waals surface area contributed by atoms with Crippen molar-refractivity contribution in [1.82, 2.24) is 0 Å². The van der Waals surface area contributed by atoms with Crippen LogP contribution in [0.2, 0.25) is 0 Å². The molecule has 0 aliphatic heterocycles. The Morgan fingerprint density at radius 1 is 1.12 bits per heavy atom. The van der Waals surface area contributed by atoms with Crippen molar-refractivity contribution in [3.8, 4) is 5.75 Å². The molecule has 2 rings (SSSR count). The summed E-state index contributed by atoms with van der Waals surface area (Å²) in [7, 11) is 0. The maximum atomic E-state index is 6.00. The van der Waals surface area contributed by atoms with Crippen LogP contribution in [0.15, 0.2) is 24.3 Å². The normalized spacial score (nSPS) is 24.6. The molecular formula is C15H21ClO. The minimum Gasteiger partial charge on any atom is -0.490 e. The average molecular weight is 253 g/mol. The van der Waals surface area contributed by atoms with Crippen molar-refractivity contribution in [2.24, 2.45) is 5.92 Å². The predicted molar refractivity (Wildman–Crippen MR) is 72.7 cm³/mol. The molecule has 1 saturated carbocycles. The largest absolute Gasteiger partial charge is 0.490 e. The molecule has 1 fully saturated rings. The average Bonchev–Trinajstić information content (AvgIpc) is 2.40. The van der Waals surface area contributed by atoms with Crippen molar-refractivity contribution < 1.29 is 4.74 Å². The number of hydrogen-bond donors (Lipinski definition) is 0. The molecule has 0 radical (unpaired) electrons. The fraction of sp³-hybridized carbons (Fsp3) is 0.600. The van der Waals surface area contributed by atoms with E-state index in [1.165, 1.54) is 32.1 Å². The monoisotopic (exact) mass is 252 g/mol. The first-order valence-corrected chi connectivity index (χ1v) is 7.16. The first kappa shape index (κ1) is 12.8. The van der Waals surface area contributed by atoms with Crippen molar-refractivity contribution >= 4 is 11.6 Å². The van der Waals surface area contributed by atoms with Crippen LogP contribution in [0.5, 0.6) is 5.75 Å². The van der Waals surface area contributed by atoms with Gasteiger partial charge in [0.1, 0.15) is 5.75 Å². The zero-order chi connectivity index (χ0) is 12.1. The molecule has 1 aliphatic rings. The Morgan fingerprint density at radius 2 is 1.76 bits per heavy atom. The van der Waals surface area contributed by atoms with Crippen LogP contribution in [0, 0.1) is 5.92 Å². The van der Waals surface area contributed by atoms with Crippen molar-refractivity contribution in [3.05, 3.63) is 29.8 Å². The zero-order valence-corrected chi connectivity index (χ0v) is 11.2. The van der Waals surface area contributed by atoms with E-state index in [4.69, 9.17) is 16.3 Å². The van der Waals surface area contributed by atoms with Crippen molar-refractivity contribution in [2.75, 3.05) is 0 Å². The minimum atomic E-state index is 0.416. The number of halogens is 1. The van der Waals surface area contributed by atoms with Crippen molar-refractivity contribution in [3.63, 3.8) is 0 Å². The molecule has 1 nitrogen and oxygen atoms in total. The summed E-state index contributed by atoms with van der Waals surface area (Å²) in [5.41, 5.74) is 1.15. The van der Waals surface area contributed by atoms with Gasteiger partial charge in [-0.15, -0.1) is 11.6 Å². The first-order chi connectivity index (χ1) is 8.31. The molecule has 0 spiro atoms. The highest BCUT2D eigenvalue weighted by atomic mass is 35.5. The zero-order valence-electron chi connectivity index (χ0n) is 10.5. The molecule has 1 aliphatic carbocycles. The molecule has 1 aromatic rings. The second-order valence-corrected chi connectivity index (χ2v) is 5.21. The van der Waals surface area contributed by atoms with Crippen LogP contribution in [-0.4, -0.2) is 6.10 Å². The van der Waals surface area contributed by atoms with Gasteiger partial charge < -0.3 is 4.74 Å². The number of ether oxygens (including phenoxy) is 1. The van der Waals surface area contributed by atoms with E-state index in [1.54, 1.807) is 0 Å². The number of hydrogen-bond acceptors (Lipinski definition) is 1. The van der Waals surface area contributed by atoms with Gasteiger partial charge in [0.15, 0.2) is 0 Å². The lowest BCUT2D eigenvalue weighted by atomic mass is 9.86. The molecule has 0 saturated heterocycles. The molecule has 0 aromatic heterocycles. The van der Waals surface area contributed by atoms with Gasteiger partial charge in [0.25, 0.3) is 0 Å². The molecule has 0 unspecified atom stereocenters. The fourth-order valence-electron chi connectivity index (χ4n) is 2.51. The van der Waals surface area contributed by atoms with Crippen LogP contribution in [0.1, 0.15) is 44.6 Å². The van der Waals surface area contributed by atoms with E-state index < -0.39 is 0 Å². The SMILES string of the molecule is CCC1CCC(Oc2ccc(CCl)cc2)CC1. The summed E-state index contributed by atoms with van der Waals surface area (Å²) in [5.74, 6) is 2.48.